The van der Waals surface area contributed by atoms with Crippen molar-refractivity contribution in [1.82, 2.24) is 4.90 Å². The number of rotatable bonds is 5. The number of hydrogen-bond donors (Lipinski definition) is 1. The minimum absolute atomic E-state index is 0.0943. The second-order valence-corrected chi connectivity index (χ2v) is 4.74. The van der Waals surface area contributed by atoms with E-state index < -0.39 is 11.5 Å². The van der Waals surface area contributed by atoms with Gasteiger partial charge >= 0.3 is 0 Å². The number of amides is 1. The van der Waals surface area contributed by atoms with Crippen LogP contribution in [0.3, 0.4) is 0 Å². The number of carbonyl (C=O) groups excluding carboxylic acids is 1. The minimum atomic E-state index is -1.20. The third-order valence-electron chi connectivity index (χ3n) is 3.26. The average molecular weight is 247 g/mol. The fraction of sp³-hybridized carbons (Fsp3) is 0.400. The molecule has 0 saturated heterocycles. The average Bonchev–Trinajstić information content (AvgIpc) is 2.38. The molecule has 0 fully saturated rings. The summed E-state index contributed by atoms with van der Waals surface area (Å²) in [5, 5.41) is 10.9. The van der Waals surface area contributed by atoms with E-state index in [2.05, 4.69) is 6.58 Å². The van der Waals surface area contributed by atoms with Crippen molar-refractivity contribution in [3.05, 3.63) is 48.6 Å². The molecule has 0 unspecified atom stereocenters. The summed E-state index contributed by atoms with van der Waals surface area (Å²) in [6.07, 6.45) is 1.99. The molecule has 1 rings (SSSR count). The van der Waals surface area contributed by atoms with E-state index in [1.54, 1.807) is 27.1 Å². The molecule has 0 aliphatic heterocycles. The van der Waals surface area contributed by atoms with Gasteiger partial charge in [-0.25, -0.2) is 0 Å². The highest BCUT2D eigenvalue weighted by atomic mass is 16.3. The Hall–Kier alpha value is -1.61. The highest BCUT2D eigenvalue weighted by molar-refractivity contribution is 5.79. The van der Waals surface area contributed by atoms with Crippen LogP contribution in [0, 0.1) is 5.92 Å². The van der Waals surface area contributed by atoms with Crippen molar-refractivity contribution in [2.75, 3.05) is 14.1 Å². The lowest BCUT2D eigenvalue weighted by molar-refractivity contribution is -0.142. The molecule has 1 aromatic rings. The summed E-state index contributed by atoms with van der Waals surface area (Å²) in [5.41, 5.74) is -0.461. The summed E-state index contributed by atoms with van der Waals surface area (Å²) in [4.78, 5) is 13.6. The van der Waals surface area contributed by atoms with Crippen LogP contribution in [0.2, 0.25) is 0 Å². The third kappa shape index (κ3) is 2.79. The van der Waals surface area contributed by atoms with E-state index in [9.17, 15) is 9.90 Å². The molecule has 0 aromatic heterocycles. The molecule has 0 bridgehead atoms. The van der Waals surface area contributed by atoms with Gasteiger partial charge in [0.05, 0.1) is 5.92 Å². The molecule has 0 radical (unpaired) electrons. The maximum absolute atomic E-state index is 12.1. The topological polar surface area (TPSA) is 40.5 Å². The van der Waals surface area contributed by atoms with E-state index >= 15 is 0 Å². The van der Waals surface area contributed by atoms with E-state index in [-0.39, 0.29) is 5.91 Å². The summed E-state index contributed by atoms with van der Waals surface area (Å²) in [6.45, 7) is 5.42. The molecule has 18 heavy (non-hydrogen) atoms. The fourth-order valence-corrected chi connectivity index (χ4v) is 2.08. The smallest absolute Gasteiger partial charge is 0.228 e. The van der Waals surface area contributed by atoms with Gasteiger partial charge < -0.3 is 10.0 Å². The van der Waals surface area contributed by atoms with Crippen LogP contribution in [-0.4, -0.2) is 30.0 Å². The van der Waals surface area contributed by atoms with E-state index in [4.69, 9.17) is 0 Å². The molecule has 98 valence electrons. The molecular formula is C15H21NO2. The van der Waals surface area contributed by atoms with Crippen molar-refractivity contribution in [3.63, 3.8) is 0 Å². The van der Waals surface area contributed by atoms with Crippen molar-refractivity contribution in [3.8, 4) is 0 Å². The van der Waals surface area contributed by atoms with Gasteiger partial charge in [0.1, 0.15) is 5.60 Å². The van der Waals surface area contributed by atoms with Gasteiger partial charge in [0.2, 0.25) is 5.91 Å². The Morgan fingerprint density at radius 2 is 2.00 bits per heavy atom. The number of hydrogen-bond acceptors (Lipinski definition) is 2. The molecule has 0 saturated carbocycles. The van der Waals surface area contributed by atoms with E-state index in [1.807, 2.05) is 30.3 Å². The molecule has 1 aromatic carbocycles. The Morgan fingerprint density at radius 3 is 2.44 bits per heavy atom. The quantitative estimate of drug-likeness (QED) is 0.810. The Labute approximate surface area is 109 Å². The lowest BCUT2D eigenvalue weighted by atomic mass is 9.79. The minimum Gasteiger partial charge on any atom is -0.384 e. The van der Waals surface area contributed by atoms with Crippen LogP contribution in [-0.2, 0) is 10.4 Å². The molecule has 3 nitrogen and oxygen atoms in total. The molecule has 0 heterocycles. The Balaban J connectivity index is 3.15. The summed E-state index contributed by atoms with van der Waals surface area (Å²) >= 11 is 0. The van der Waals surface area contributed by atoms with Crippen molar-refractivity contribution in [2.45, 2.75) is 18.9 Å². The summed E-state index contributed by atoms with van der Waals surface area (Å²) in [5.74, 6) is -0.615. The van der Waals surface area contributed by atoms with E-state index in [0.717, 1.165) is 5.56 Å². The lowest BCUT2D eigenvalue weighted by Crippen LogP contribution is -2.42. The molecule has 0 spiro atoms. The highest BCUT2D eigenvalue weighted by Gasteiger charge is 2.39. The number of carbonyl (C=O) groups is 1. The van der Waals surface area contributed by atoms with Gasteiger partial charge in [-0.2, -0.15) is 0 Å². The van der Waals surface area contributed by atoms with Gasteiger partial charge in [-0.1, -0.05) is 43.3 Å². The van der Waals surface area contributed by atoms with Crippen molar-refractivity contribution in [2.24, 2.45) is 5.92 Å². The maximum atomic E-state index is 12.1. The first-order valence-corrected chi connectivity index (χ1v) is 6.03. The zero-order valence-corrected chi connectivity index (χ0v) is 11.3. The molecule has 1 amide bonds. The van der Waals surface area contributed by atoms with Gasteiger partial charge in [-0.3, -0.25) is 4.79 Å². The van der Waals surface area contributed by atoms with Crippen molar-refractivity contribution >= 4 is 5.91 Å². The lowest BCUT2D eigenvalue weighted by Gasteiger charge is -2.34. The Bertz CT molecular complexity index is 414. The molecule has 2 atom stereocenters. The first-order valence-electron chi connectivity index (χ1n) is 6.03. The van der Waals surface area contributed by atoms with Crippen molar-refractivity contribution in [1.29, 1.82) is 0 Å². The van der Waals surface area contributed by atoms with Crippen LogP contribution in [0.15, 0.2) is 43.0 Å². The summed E-state index contributed by atoms with van der Waals surface area (Å²) < 4.78 is 0. The second kappa shape index (κ2) is 5.83. The molecule has 0 aliphatic rings. The van der Waals surface area contributed by atoms with Crippen LogP contribution >= 0.6 is 0 Å². The number of benzene rings is 1. The summed E-state index contributed by atoms with van der Waals surface area (Å²) in [6, 6.07) is 9.27. The number of nitrogens with zero attached hydrogens (tertiary/aromatic N) is 1. The fourth-order valence-electron chi connectivity index (χ4n) is 2.08. The third-order valence-corrected chi connectivity index (χ3v) is 3.26. The largest absolute Gasteiger partial charge is 0.384 e. The zero-order valence-electron chi connectivity index (χ0n) is 11.3. The van der Waals surface area contributed by atoms with Crippen LogP contribution < -0.4 is 0 Å². The van der Waals surface area contributed by atoms with Crippen molar-refractivity contribution < 1.29 is 9.90 Å². The Morgan fingerprint density at radius 1 is 1.44 bits per heavy atom. The van der Waals surface area contributed by atoms with Gasteiger partial charge in [0.25, 0.3) is 0 Å². The predicted molar refractivity (Wildman–Crippen MR) is 73.0 cm³/mol. The highest BCUT2D eigenvalue weighted by Crippen LogP contribution is 2.34. The van der Waals surface area contributed by atoms with Crippen LogP contribution in [0.25, 0.3) is 0 Å². The maximum Gasteiger partial charge on any atom is 0.228 e. The van der Waals surface area contributed by atoms with Crippen LogP contribution in [0.4, 0.5) is 0 Å². The first-order chi connectivity index (χ1) is 8.43. The summed E-state index contributed by atoms with van der Waals surface area (Å²) in [7, 11) is 3.39. The van der Waals surface area contributed by atoms with Crippen LogP contribution in [0.5, 0.6) is 0 Å². The predicted octanol–water partition coefficient (Wildman–Crippen LogP) is 2.17. The molecule has 0 aliphatic carbocycles. The zero-order chi connectivity index (χ0) is 13.8. The monoisotopic (exact) mass is 247 g/mol. The second-order valence-electron chi connectivity index (χ2n) is 4.74. The van der Waals surface area contributed by atoms with Gasteiger partial charge in [-0.05, 0) is 12.0 Å². The first kappa shape index (κ1) is 14.5. The molecular weight excluding hydrogens is 226 g/mol. The molecule has 3 heteroatoms. The van der Waals surface area contributed by atoms with E-state index in [1.165, 1.54) is 4.90 Å². The standard InChI is InChI=1S/C15H21NO2/c1-5-11-15(18,12(2)14(17)16(3)4)13-9-7-6-8-10-13/h5-10,12,18H,1,11H2,2-4H3/t12-,15+/m0/s1. The normalized spacial score (nSPS) is 15.6. The van der Waals surface area contributed by atoms with Gasteiger partial charge in [0, 0.05) is 14.1 Å². The number of aliphatic hydroxyl groups is 1. The Kier molecular flexibility index (Phi) is 4.68. The van der Waals surface area contributed by atoms with Gasteiger partial charge in [0.15, 0.2) is 0 Å². The van der Waals surface area contributed by atoms with E-state index in [0.29, 0.717) is 6.42 Å². The SMILES string of the molecule is C=CC[C@](O)(c1ccccc1)[C@@H](C)C(=O)N(C)C. The van der Waals surface area contributed by atoms with Gasteiger partial charge in [-0.15, -0.1) is 6.58 Å². The molecule has 1 N–H and O–H groups in total. The van der Waals surface area contributed by atoms with Crippen LogP contribution in [0.1, 0.15) is 18.9 Å².